The van der Waals surface area contributed by atoms with Crippen molar-refractivity contribution < 1.29 is 14.3 Å². The van der Waals surface area contributed by atoms with E-state index >= 15 is 0 Å². The average Bonchev–Trinajstić information content (AvgIpc) is 3.01. The second kappa shape index (κ2) is 8.48. The largest absolute Gasteiger partial charge is 0.484 e. The van der Waals surface area contributed by atoms with Crippen molar-refractivity contribution in [1.82, 2.24) is 15.2 Å². The molecule has 160 valence electrons. The molecule has 2 bridgehead atoms. The summed E-state index contributed by atoms with van der Waals surface area (Å²) < 4.78 is 11.8. The zero-order valence-electron chi connectivity index (χ0n) is 17.3. The molecule has 3 aliphatic rings. The van der Waals surface area contributed by atoms with E-state index in [9.17, 15) is 4.79 Å². The first-order chi connectivity index (χ1) is 15.2. The Labute approximate surface area is 181 Å². The van der Waals surface area contributed by atoms with Crippen molar-refractivity contribution in [3.63, 3.8) is 0 Å². The zero-order chi connectivity index (χ0) is 21.2. The number of pyridine rings is 1. The van der Waals surface area contributed by atoms with Gasteiger partial charge in [0.25, 0.3) is 5.88 Å². The smallest absolute Gasteiger partial charge is 0.323 e. The maximum Gasteiger partial charge on any atom is 0.323 e. The van der Waals surface area contributed by atoms with Gasteiger partial charge in [0.05, 0.1) is 0 Å². The van der Waals surface area contributed by atoms with Crippen LogP contribution in [0.2, 0.25) is 0 Å². The predicted octanol–water partition coefficient (Wildman–Crippen LogP) is 2.97. The highest BCUT2D eigenvalue weighted by Crippen LogP contribution is 2.39. The minimum Gasteiger partial charge on any atom is -0.484 e. The summed E-state index contributed by atoms with van der Waals surface area (Å²) in [7, 11) is 0. The number of hydrogen-bond donors (Lipinski definition) is 2. The molecule has 2 saturated heterocycles. The van der Waals surface area contributed by atoms with Crippen LogP contribution in [0.25, 0.3) is 0 Å². The molecule has 2 fully saturated rings. The van der Waals surface area contributed by atoms with Gasteiger partial charge < -0.3 is 15.2 Å². The Morgan fingerprint density at radius 3 is 2.71 bits per heavy atom. The zero-order valence-corrected chi connectivity index (χ0v) is 17.3. The van der Waals surface area contributed by atoms with Crippen LogP contribution in [0.15, 0.2) is 42.6 Å². The highest BCUT2D eigenvalue weighted by Gasteiger charge is 2.40. The summed E-state index contributed by atoms with van der Waals surface area (Å²) in [6, 6.07) is 15.6. The number of carbonyl (C=O) groups is 1. The molecule has 1 aromatic carbocycles. The van der Waals surface area contributed by atoms with Gasteiger partial charge in [0.2, 0.25) is 0 Å². The van der Waals surface area contributed by atoms with Gasteiger partial charge in [-0.1, -0.05) is 30.2 Å². The fraction of sp³-hybridized carbons (Fsp3) is 0.417. The quantitative estimate of drug-likeness (QED) is 0.591. The van der Waals surface area contributed by atoms with Crippen molar-refractivity contribution in [3.8, 4) is 23.6 Å². The molecule has 4 atom stereocenters. The van der Waals surface area contributed by atoms with Crippen LogP contribution in [0.5, 0.6) is 11.6 Å². The lowest BCUT2D eigenvalue weighted by Crippen LogP contribution is -2.42. The van der Waals surface area contributed by atoms with E-state index in [1.165, 1.54) is 18.4 Å². The van der Waals surface area contributed by atoms with Crippen molar-refractivity contribution in [2.45, 2.75) is 50.4 Å². The molecule has 31 heavy (non-hydrogen) atoms. The number of ether oxygens (including phenoxy) is 2. The number of nitrogens with zero attached hydrogens (tertiary/aromatic N) is 2. The molecule has 4 heterocycles. The Hall–Kier alpha value is -3.24. The summed E-state index contributed by atoms with van der Waals surface area (Å²) >= 11 is 0. The predicted molar refractivity (Wildman–Crippen MR) is 115 cm³/mol. The van der Waals surface area contributed by atoms with Crippen LogP contribution < -0.4 is 20.5 Å². The van der Waals surface area contributed by atoms with Gasteiger partial charge in [0, 0.05) is 36.8 Å². The Bertz CT molecular complexity index is 999. The number of nitrogens with one attached hydrogen (secondary N) is 1. The Morgan fingerprint density at radius 1 is 1.19 bits per heavy atom. The molecule has 0 spiro atoms. The second-order valence-electron chi connectivity index (χ2n) is 8.45. The highest BCUT2D eigenvalue weighted by molar-refractivity contribution is 5.73. The van der Waals surface area contributed by atoms with E-state index in [0.717, 1.165) is 24.9 Å². The average molecular weight is 418 g/mol. The summed E-state index contributed by atoms with van der Waals surface area (Å²) in [4.78, 5) is 17.7. The number of hydrogen-bond acceptors (Lipinski definition) is 5. The van der Waals surface area contributed by atoms with Crippen LogP contribution >= 0.6 is 0 Å². The van der Waals surface area contributed by atoms with Crippen molar-refractivity contribution in [3.05, 3.63) is 53.7 Å². The molecule has 7 heteroatoms. The summed E-state index contributed by atoms with van der Waals surface area (Å²) in [5.41, 5.74) is 7.48. The second-order valence-corrected chi connectivity index (χ2v) is 8.45. The lowest BCUT2D eigenvalue weighted by Gasteiger charge is -2.37. The molecule has 0 aliphatic carbocycles. The SMILES string of the molecule is NC(=O)NC#CC1C[C@H]2CC[C@@H](C1)N2Cc1ccc([C@H]2COc3cccnc3O2)cc1. The fourth-order valence-electron chi connectivity index (χ4n) is 4.97. The molecule has 2 aromatic rings. The summed E-state index contributed by atoms with van der Waals surface area (Å²) in [5, 5.41) is 2.37. The summed E-state index contributed by atoms with van der Waals surface area (Å²) in [6.45, 7) is 1.43. The molecular formula is C24H26N4O3. The van der Waals surface area contributed by atoms with E-state index in [4.69, 9.17) is 15.2 Å². The van der Waals surface area contributed by atoms with E-state index in [0.29, 0.717) is 36.2 Å². The van der Waals surface area contributed by atoms with Crippen LogP contribution in [0.4, 0.5) is 4.79 Å². The van der Waals surface area contributed by atoms with Crippen LogP contribution in [0, 0.1) is 17.9 Å². The van der Waals surface area contributed by atoms with Crippen molar-refractivity contribution in [1.29, 1.82) is 0 Å². The Morgan fingerprint density at radius 2 is 1.97 bits per heavy atom. The topological polar surface area (TPSA) is 89.7 Å². The van der Waals surface area contributed by atoms with E-state index in [2.05, 4.69) is 51.4 Å². The van der Waals surface area contributed by atoms with E-state index in [-0.39, 0.29) is 6.10 Å². The van der Waals surface area contributed by atoms with E-state index in [1.807, 2.05) is 12.1 Å². The van der Waals surface area contributed by atoms with Crippen LogP contribution in [0.1, 0.15) is 42.9 Å². The first-order valence-corrected chi connectivity index (χ1v) is 10.8. The van der Waals surface area contributed by atoms with Gasteiger partial charge in [-0.15, -0.1) is 0 Å². The maximum atomic E-state index is 10.8. The molecule has 0 radical (unpaired) electrons. The van der Waals surface area contributed by atoms with Gasteiger partial charge in [-0.25, -0.2) is 9.78 Å². The maximum absolute atomic E-state index is 10.8. The van der Waals surface area contributed by atoms with Gasteiger partial charge in [-0.3, -0.25) is 10.2 Å². The number of carbonyl (C=O) groups excluding carboxylic acids is 1. The molecule has 2 amide bonds. The molecule has 5 rings (SSSR count). The molecule has 3 aliphatic heterocycles. The highest BCUT2D eigenvalue weighted by atomic mass is 16.6. The molecule has 7 nitrogen and oxygen atoms in total. The lowest BCUT2D eigenvalue weighted by atomic mass is 9.91. The minimum atomic E-state index is -0.595. The van der Waals surface area contributed by atoms with Crippen molar-refractivity contribution >= 4 is 6.03 Å². The van der Waals surface area contributed by atoms with E-state index < -0.39 is 6.03 Å². The van der Waals surface area contributed by atoms with Gasteiger partial charge >= 0.3 is 6.03 Å². The van der Waals surface area contributed by atoms with Gasteiger partial charge in [-0.2, -0.15) is 0 Å². The molecular weight excluding hydrogens is 392 g/mol. The number of primary amides is 1. The van der Waals surface area contributed by atoms with Crippen LogP contribution in [-0.2, 0) is 6.54 Å². The number of nitrogens with two attached hydrogens (primary N) is 1. The van der Waals surface area contributed by atoms with Crippen molar-refractivity contribution in [2.24, 2.45) is 11.7 Å². The van der Waals surface area contributed by atoms with Crippen LogP contribution in [0.3, 0.4) is 0 Å². The summed E-state index contributed by atoms with van der Waals surface area (Å²) in [6.07, 6.45) is 6.08. The fourth-order valence-corrected chi connectivity index (χ4v) is 4.97. The lowest BCUT2D eigenvalue weighted by molar-refractivity contribution is 0.0850. The van der Waals surface area contributed by atoms with Gasteiger partial charge in [0.15, 0.2) is 11.9 Å². The number of benzene rings is 1. The van der Waals surface area contributed by atoms with E-state index in [1.54, 1.807) is 6.20 Å². The van der Waals surface area contributed by atoms with Gasteiger partial charge in [0.1, 0.15) is 6.61 Å². The third-order valence-electron chi connectivity index (χ3n) is 6.44. The third kappa shape index (κ3) is 4.30. The first-order valence-electron chi connectivity index (χ1n) is 10.8. The molecule has 1 unspecified atom stereocenters. The minimum absolute atomic E-state index is 0.143. The Kier molecular flexibility index (Phi) is 5.39. The molecule has 0 saturated carbocycles. The Balaban J connectivity index is 1.20. The third-order valence-corrected chi connectivity index (χ3v) is 6.44. The number of amides is 2. The van der Waals surface area contributed by atoms with Crippen LogP contribution in [-0.4, -0.2) is 34.6 Å². The number of urea groups is 1. The monoisotopic (exact) mass is 418 g/mol. The molecule has 3 N–H and O–H groups in total. The number of aromatic nitrogens is 1. The number of piperidine rings is 1. The number of fused-ring (bicyclic) bond motifs is 3. The van der Waals surface area contributed by atoms with Crippen molar-refractivity contribution in [2.75, 3.05) is 6.61 Å². The summed E-state index contributed by atoms with van der Waals surface area (Å²) in [5.74, 6) is 4.74. The standard InChI is InChI=1S/C24H26N4O3/c25-24(29)27-11-9-17-12-19-7-8-20(13-17)28(19)14-16-3-5-18(6-4-16)22-15-30-21-2-1-10-26-23(21)31-22/h1-6,10,17,19-20,22H,7-8,12-15H2,(H3,25,27,29)/t17?,19-,20+,22-/m1/s1. The van der Waals surface area contributed by atoms with Gasteiger partial charge in [-0.05, 0) is 48.9 Å². The first kappa shape index (κ1) is 19.7. The molecule has 1 aromatic heterocycles. The normalized spacial score (nSPS) is 26.6. The number of rotatable bonds is 3.